The average molecular weight is 397 g/mol. The van der Waals surface area contributed by atoms with Gasteiger partial charge in [-0.05, 0) is 50.0 Å². The van der Waals surface area contributed by atoms with Crippen LogP contribution in [0, 0.1) is 5.92 Å². The minimum atomic E-state index is -3.54. The Labute approximate surface area is 160 Å². The summed E-state index contributed by atoms with van der Waals surface area (Å²) in [4.78, 5) is 26.1. The maximum Gasteiger partial charge on any atom is 0.256 e. The second-order valence-electron chi connectivity index (χ2n) is 6.86. The number of sulfonamides is 1. The Bertz CT molecular complexity index is 787. The van der Waals surface area contributed by atoms with Crippen molar-refractivity contribution in [1.82, 2.24) is 10.2 Å². The Hall–Kier alpha value is -2.13. The third-order valence-corrected chi connectivity index (χ3v) is 5.04. The summed E-state index contributed by atoms with van der Waals surface area (Å²) < 4.78 is 25.7. The Balaban J connectivity index is 2.20. The van der Waals surface area contributed by atoms with Gasteiger partial charge in [0.1, 0.15) is 0 Å². The molecule has 1 heterocycles. The van der Waals surface area contributed by atoms with E-state index in [4.69, 9.17) is 0 Å². The lowest BCUT2D eigenvalue weighted by molar-refractivity contribution is -0.114. The molecule has 1 aliphatic rings. The lowest BCUT2D eigenvalue weighted by Crippen LogP contribution is -2.41. The normalized spacial score (nSPS) is 15.4. The van der Waals surface area contributed by atoms with Crippen molar-refractivity contribution < 1.29 is 18.0 Å². The number of piperidine rings is 1. The van der Waals surface area contributed by atoms with Gasteiger partial charge < -0.3 is 15.5 Å². The van der Waals surface area contributed by atoms with Gasteiger partial charge in [-0.15, -0.1) is 0 Å². The molecule has 2 rings (SSSR count). The summed E-state index contributed by atoms with van der Waals surface area (Å²) in [6.07, 6.45) is 2.84. The molecule has 1 aromatic carbocycles. The first kappa shape index (κ1) is 21.2. The van der Waals surface area contributed by atoms with Gasteiger partial charge in [-0.25, -0.2) is 8.42 Å². The van der Waals surface area contributed by atoms with Gasteiger partial charge in [0.15, 0.2) is 0 Å². The number of nitrogens with zero attached hydrogens (tertiary/aromatic N) is 1. The molecule has 3 N–H and O–H groups in total. The fourth-order valence-electron chi connectivity index (χ4n) is 3.15. The van der Waals surface area contributed by atoms with E-state index in [0.29, 0.717) is 24.7 Å². The highest BCUT2D eigenvalue weighted by atomic mass is 32.2. The Kier molecular flexibility index (Phi) is 7.20. The van der Waals surface area contributed by atoms with Crippen LogP contribution in [0.25, 0.3) is 0 Å². The van der Waals surface area contributed by atoms with Crippen LogP contribution in [0.2, 0.25) is 0 Å². The van der Waals surface area contributed by atoms with Crippen LogP contribution in [0.15, 0.2) is 18.2 Å². The van der Waals surface area contributed by atoms with Crippen molar-refractivity contribution >= 4 is 33.2 Å². The van der Waals surface area contributed by atoms with Crippen LogP contribution in [0.5, 0.6) is 0 Å². The highest BCUT2D eigenvalue weighted by Crippen LogP contribution is 2.26. The molecule has 1 aromatic rings. The second kappa shape index (κ2) is 9.18. The van der Waals surface area contributed by atoms with Crippen molar-refractivity contribution in [3.63, 3.8) is 0 Å². The fourth-order valence-corrected chi connectivity index (χ4v) is 3.73. The van der Waals surface area contributed by atoms with Crippen molar-refractivity contribution in [3.05, 3.63) is 23.8 Å². The molecule has 0 aromatic heterocycles. The van der Waals surface area contributed by atoms with Crippen LogP contribution in [-0.4, -0.2) is 57.6 Å². The highest BCUT2D eigenvalue weighted by molar-refractivity contribution is 7.92. The van der Waals surface area contributed by atoms with Gasteiger partial charge in [-0.2, -0.15) is 0 Å². The Morgan fingerprint density at radius 2 is 1.89 bits per heavy atom. The number of benzene rings is 1. The number of hydrogen-bond acceptors (Lipinski definition) is 5. The zero-order valence-electron chi connectivity index (χ0n) is 16.0. The van der Waals surface area contributed by atoms with Crippen molar-refractivity contribution in [2.75, 3.05) is 42.5 Å². The van der Waals surface area contributed by atoms with E-state index in [-0.39, 0.29) is 23.1 Å². The average Bonchev–Trinajstić information content (AvgIpc) is 2.59. The van der Waals surface area contributed by atoms with Crippen LogP contribution in [-0.2, 0) is 14.8 Å². The molecule has 0 unspecified atom stereocenters. The van der Waals surface area contributed by atoms with E-state index < -0.39 is 10.0 Å². The van der Waals surface area contributed by atoms with Crippen molar-refractivity contribution in [3.8, 4) is 0 Å². The first-order chi connectivity index (χ1) is 12.7. The number of amides is 2. The third kappa shape index (κ3) is 6.51. The molecule has 0 radical (unpaired) electrons. The molecule has 0 atom stereocenters. The Morgan fingerprint density at radius 3 is 2.44 bits per heavy atom. The topological polar surface area (TPSA) is 108 Å². The molecule has 0 spiro atoms. The van der Waals surface area contributed by atoms with Gasteiger partial charge in [0, 0.05) is 25.7 Å². The van der Waals surface area contributed by atoms with E-state index in [1.165, 1.54) is 19.1 Å². The Morgan fingerprint density at radius 1 is 1.22 bits per heavy atom. The van der Waals surface area contributed by atoms with E-state index in [1.807, 2.05) is 0 Å². The summed E-state index contributed by atoms with van der Waals surface area (Å²) in [7, 11) is -3.54. The molecule has 8 nitrogen and oxygen atoms in total. The molecule has 0 aliphatic carbocycles. The largest absolute Gasteiger partial charge is 0.339 e. The van der Waals surface area contributed by atoms with Crippen molar-refractivity contribution in [1.29, 1.82) is 0 Å². The van der Waals surface area contributed by atoms with E-state index >= 15 is 0 Å². The summed E-state index contributed by atoms with van der Waals surface area (Å²) >= 11 is 0. The zero-order chi connectivity index (χ0) is 20.0. The molecular formula is C18H28N4O4S. The van der Waals surface area contributed by atoms with Gasteiger partial charge in [0.25, 0.3) is 5.91 Å². The molecule has 0 bridgehead atoms. The maximum absolute atomic E-state index is 13.0. The number of hydrogen-bond donors (Lipinski definition) is 3. The smallest absolute Gasteiger partial charge is 0.256 e. The summed E-state index contributed by atoms with van der Waals surface area (Å²) in [6.45, 7) is 6.55. The molecule has 2 amide bonds. The quantitative estimate of drug-likeness (QED) is 0.647. The zero-order valence-corrected chi connectivity index (χ0v) is 16.9. The summed E-state index contributed by atoms with van der Waals surface area (Å²) in [5.74, 6) is 0.0324. The standard InChI is InChI=1S/C18H28N4O4S/c1-4-19-12-14-7-9-22(10-8-14)18(24)16-11-15(20-13(2)23)5-6-17(16)21-27(3,25)26/h5-6,11,14,19,21H,4,7-10,12H2,1-3H3,(H,20,23). The van der Waals surface area contributed by atoms with Gasteiger partial charge >= 0.3 is 0 Å². The predicted molar refractivity (Wildman–Crippen MR) is 106 cm³/mol. The molecular weight excluding hydrogens is 368 g/mol. The van der Waals surface area contributed by atoms with E-state index in [1.54, 1.807) is 11.0 Å². The fraction of sp³-hybridized carbons (Fsp3) is 0.556. The number of likely N-dealkylation sites (tertiary alicyclic amines) is 1. The lowest BCUT2D eigenvalue weighted by Gasteiger charge is -2.32. The number of carbonyl (C=O) groups excluding carboxylic acids is 2. The molecule has 0 saturated carbocycles. The number of nitrogens with one attached hydrogen (secondary N) is 3. The van der Waals surface area contributed by atoms with Gasteiger partial charge in [0.05, 0.1) is 17.5 Å². The second-order valence-corrected chi connectivity index (χ2v) is 8.61. The number of anilines is 2. The maximum atomic E-state index is 13.0. The molecule has 1 saturated heterocycles. The number of rotatable bonds is 7. The minimum Gasteiger partial charge on any atom is -0.339 e. The van der Waals surface area contributed by atoms with Gasteiger partial charge in [-0.3, -0.25) is 14.3 Å². The van der Waals surface area contributed by atoms with Crippen LogP contribution in [0.4, 0.5) is 11.4 Å². The van der Waals surface area contributed by atoms with Gasteiger partial charge in [0.2, 0.25) is 15.9 Å². The summed E-state index contributed by atoms with van der Waals surface area (Å²) in [6, 6.07) is 4.58. The highest BCUT2D eigenvalue weighted by Gasteiger charge is 2.26. The monoisotopic (exact) mass is 396 g/mol. The van der Waals surface area contributed by atoms with Crippen LogP contribution >= 0.6 is 0 Å². The molecule has 1 fully saturated rings. The van der Waals surface area contributed by atoms with Crippen LogP contribution < -0.4 is 15.4 Å². The molecule has 27 heavy (non-hydrogen) atoms. The van der Waals surface area contributed by atoms with Crippen molar-refractivity contribution in [2.45, 2.75) is 26.7 Å². The lowest BCUT2D eigenvalue weighted by atomic mass is 9.96. The van der Waals surface area contributed by atoms with Crippen LogP contribution in [0.3, 0.4) is 0 Å². The molecule has 9 heteroatoms. The van der Waals surface area contributed by atoms with E-state index in [2.05, 4.69) is 22.3 Å². The first-order valence-corrected chi connectivity index (χ1v) is 11.0. The summed E-state index contributed by atoms with van der Waals surface area (Å²) in [5.41, 5.74) is 0.898. The predicted octanol–water partition coefficient (Wildman–Crippen LogP) is 1.48. The SMILES string of the molecule is CCNCC1CCN(C(=O)c2cc(NC(C)=O)ccc2NS(C)(=O)=O)CC1. The first-order valence-electron chi connectivity index (χ1n) is 9.09. The molecule has 150 valence electrons. The number of carbonyl (C=O) groups is 2. The minimum absolute atomic E-state index is 0.214. The van der Waals surface area contributed by atoms with Crippen molar-refractivity contribution in [2.24, 2.45) is 5.92 Å². The van der Waals surface area contributed by atoms with E-state index in [9.17, 15) is 18.0 Å². The third-order valence-electron chi connectivity index (χ3n) is 4.45. The van der Waals surface area contributed by atoms with Crippen LogP contribution in [0.1, 0.15) is 37.0 Å². The van der Waals surface area contributed by atoms with E-state index in [0.717, 1.165) is 32.2 Å². The summed E-state index contributed by atoms with van der Waals surface area (Å²) in [5, 5.41) is 5.96. The molecule has 1 aliphatic heterocycles. The van der Waals surface area contributed by atoms with Gasteiger partial charge in [-0.1, -0.05) is 6.92 Å².